The minimum absolute atomic E-state index is 0.0153. The van der Waals surface area contributed by atoms with Gasteiger partial charge in [-0.15, -0.1) is 0 Å². The average Bonchev–Trinajstić information content (AvgIpc) is 3.43. The first-order valence-corrected chi connectivity index (χ1v) is 11.9. The van der Waals surface area contributed by atoms with Gasteiger partial charge in [0.05, 0.1) is 17.8 Å². The van der Waals surface area contributed by atoms with Crippen LogP contribution in [0.2, 0.25) is 0 Å². The van der Waals surface area contributed by atoms with Crippen molar-refractivity contribution in [1.82, 2.24) is 19.8 Å². The Bertz CT molecular complexity index is 1110. The fourth-order valence-corrected chi connectivity index (χ4v) is 4.65. The molecule has 1 saturated heterocycles. The summed E-state index contributed by atoms with van der Waals surface area (Å²) < 4.78 is 2.19. The lowest BCUT2D eigenvalue weighted by Gasteiger charge is -2.27. The van der Waals surface area contributed by atoms with E-state index in [0.717, 1.165) is 28.9 Å². The van der Waals surface area contributed by atoms with E-state index in [-0.39, 0.29) is 18.0 Å². The van der Waals surface area contributed by atoms with Gasteiger partial charge < -0.3 is 20.1 Å². The van der Waals surface area contributed by atoms with Gasteiger partial charge in [-0.3, -0.25) is 9.78 Å². The van der Waals surface area contributed by atoms with Crippen LogP contribution in [0.1, 0.15) is 62.1 Å². The Labute approximate surface area is 201 Å². The van der Waals surface area contributed by atoms with Gasteiger partial charge >= 0.3 is 0 Å². The van der Waals surface area contributed by atoms with Gasteiger partial charge in [-0.2, -0.15) is 0 Å². The zero-order valence-electron chi connectivity index (χ0n) is 19.4. The summed E-state index contributed by atoms with van der Waals surface area (Å²) in [6, 6.07) is 16.2. The molecule has 2 atom stereocenters. The molecule has 1 aliphatic heterocycles. The fraction of sp³-hybridized carbons (Fsp3) is 0.346. The molecule has 0 bridgehead atoms. The summed E-state index contributed by atoms with van der Waals surface area (Å²) in [4.78, 5) is 19.5. The third-order valence-electron chi connectivity index (χ3n) is 6.12. The minimum Gasteiger partial charge on any atom is -0.352 e. The topological polar surface area (TPSA) is 62.2 Å². The number of aryl methyl sites for hydroxylation is 1. The van der Waals surface area contributed by atoms with Gasteiger partial charge in [0.15, 0.2) is 5.11 Å². The molecule has 0 aliphatic carbocycles. The number of rotatable bonds is 8. The molecule has 3 heterocycles. The Hall–Kier alpha value is -3.19. The number of nitrogens with zero attached hydrogens (tertiary/aromatic N) is 3. The Balaban J connectivity index is 1.54. The maximum atomic E-state index is 12.8. The van der Waals surface area contributed by atoms with E-state index in [1.165, 1.54) is 0 Å². The normalized spacial score (nSPS) is 17.9. The molecule has 2 N–H and O–H groups in total. The lowest BCUT2D eigenvalue weighted by atomic mass is 9.99. The molecular formula is C26H31N5OS. The first-order valence-electron chi connectivity index (χ1n) is 11.5. The first kappa shape index (κ1) is 23.0. The second-order valence-electron chi connectivity index (χ2n) is 8.61. The van der Waals surface area contributed by atoms with E-state index in [4.69, 9.17) is 12.2 Å². The van der Waals surface area contributed by atoms with E-state index in [1.54, 1.807) is 6.20 Å². The van der Waals surface area contributed by atoms with Crippen LogP contribution in [0.3, 0.4) is 0 Å². The number of carbonyl (C=O) groups is 1. The van der Waals surface area contributed by atoms with E-state index in [2.05, 4.69) is 64.3 Å². The Morgan fingerprint density at radius 1 is 1.18 bits per heavy atom. The van der Waals surface area contributed by atoms with Crippen molar-refractivity contribution in [1.29, 1.82) is 0 Å². The highest BCUT2D eigenvalue weighted by Gasteiger charge is 2.40. The van der Waals surface area contributed by atoms with Crippen molar-refractivity contribution in [3.63, 3.8) is 0 Å². The van der Waals surface area contributed by atoms with Crippen molar-refractivity contribution in [2.75, 3.05) is 11.9 Å². The largest absolute Gasteiger partial charge is 0.352 e. The Morgan fingerprint density at radius 2 is 1.97 bits per heavy atom. The van der Waals surface area contributed by atoms with Crippen LogP contribution in [0.4, 0.5) is 5.69 Å². The molecule has 1 fully saturated rings. The number of aromatic nitrogens is 2. The summed E-state index contributed by atoms with van der Waals surface area (Å²) in [6.45, 7) is 6.93. The van der Waals surface area contributed by atoms with E-state index in [9.17, 15) is 4.79 Å². The molecule has 0 radical (unpaired) electrons. The van der Waals surface area contributed by atoms with Gasteiger partial charge in [0.25, 0.3) is 0 Å². The highest BCUT2D eigenvalue weighted by Crippen LogP contribution is 2.39. The van der Waals surface area contributed by atoms with Crippen LogP contribution >= 0.6 is 12.2 Å². The molecule has 1 aromatic carbocycles. The Morgan fingerprint density at radius 3 is 2.67 bits per heavy atom. The molecule has 2 aromatic heterocycles. The average molecular weight is 462 g/mol. The number of para-hydroxylation sites is 1. The lowest BCUT2D eigenvalue weighted by molar-refractivity contribution is -0.116. The monoisotopic (exact) mass is 461 g/mol. The van der Waals surface area contributed by atoms with Crippen molar-refractivity contribution in [2.45, 2.75) is 51.7 Å². The van der Waals surface area contributed by atoms with Gasteiger partial charge in [0.1, 0.15) is 0 Å². The predicted octanol–water partition coefficient (Wildman–Crippen LogP) is 5.03. The lowest BCUT2D eigenvalue weighted by Crippen LogP contribution is -2.32. The summed E-state index contributed by atoms with van der Waals surface area (Å²) in [5, 5.41) is 7.17. The molecule has 1 aliphatic rings. The summed E-state index contributed by atoms with van der Waals surface area (Å²) >= 11 is 5.72. The van der Waals surface area contributed by atoms with Crippen molar-refractivity contribution in [2.24, 2.45) is 0 Å². The van der Waals surface area contributed by atoms with Gasteiger partial charge in [0.2, 0.25) is 5.91 Å². The third-order valence-corrected chi connectivity index (χ3v) is 6.48. The number of nitrogens with one attached hydrogen (secondary N) is 2. The van der Waals surface area contributed by atoms with Gasteiger partial charge in [-0.1, -0.05) is 31.2 Å². The maximum absolute atomic E-state index is 12.8. The molecule has 0 unspecified atom stereocenters. The molecule has 3 aromatic rings. The van der Waals surface area contributed by atoms with Crippen LogP contribution in [0.25, 0.3) is 0 Å². The van der Waals surface area contributed by atoms with Crippen molar-refractivity contribution in [3.8, 4) is 0 Å². The molecule has 0 saturated carbocycles. The zero-order valence-corrected chi connectivity index (χ0v) is 20.2. The standard InChI is InChI=1S/C26H31N5OS/c1-4-19-9-5-6-10-21(19)28-23(32)13-16-31-25(20-12-15-30(17-20)18(2)3)24(29-26(31)33)22-11-7-8-14-27-22/h5-12,14-15,17-18,24-25H,4,13,16H2,1-3H3,(H,28,32)(H,29,33)/t24-,25+/m1/s1. The highest BCUT2D eigenvalue weighted by atomic mass is 32.1. The second-order valence-corrected chi connectivity index (χ2v) is 9.00. The maximum Gasteiger partial charge on any atom is 0.226 e. The van der Waals surface area contributed by atoms with Crippen molar-refractivity contribution >= 4 is 28.9 Å². The smallest absolute Gasteiger partial charge is 0.226 e. The SMILES string of the molecule is CCc1ccccc1NC(=O)CCN1C(=S)N[C@H](c2ccccn2)[C@@H]1c1ccn(C(C)C)c1. The Kier molecular flexibility index (Phi) is 7.08. The summed E-state index contributed by atoms with van der Waals surface area (Å²) in [7, 11) is 0. The molecule has 7 heteroatoms. The number of amides is 1. The van der Waals surface area contributed by atoms with E-state index in [0.29, 0.717) is 24.1 Å². The van der Waals surface area contributed by atoms with E-state index >= 15 is 0 Å². The predicted molar refractivity (Wildman–Crippen MR) is 136 cm³/mol. The summed E-state index contributed by atoms with van der Waals surface area (Å²) in [6.07, 6.45) is 7.29. The van der Waals surface area contributed by atoms with Crippen LogP contribution < -0.4 is 10.6 Å². The number of hydrogen-bond acceptors (Lipinski definition) is 3. The highest BCUT2D eigenvalue weighted by molar-refractivity contribution is 7.80. The van der Waals surface area contributed by atoms with Crippen LogP contribution in [0, 0.1) is 0 Å². The van der Waals surface area contributed by atoms with Gasteiger partial charge in [-0.25, -0.2) is 0 Å². The third kappa shape index (κ3) is 5.09. The van der Waals surface area contributed by atoms with Gasteiger partial charge in [-0.05, 0) is 67.9 Å². The number of thiocarbonyl (C=S) groups is 1. The summed E-state index contributed by atoms with van der Waals surface area (Å²) in [5.41, 5.74) is 4.10. The second kappa shape index (κ2) is 10.2. The number of pyridine rings is 1. The van der Waals surface area contributed by atoms with Crippen LogP contribution in [-0.4, -0.2) is 32.0 Å². The van der Waals surface area contributed by atoms with E-state index < -0.39 is 0 Å². The molecule has 33 heavy (non-hydrogen) atoms. The number of hydrogen-bond donors (Lipinski definition) is 2. The zero-order chi connectivity index (χ0) is 23.4. The van der Waals surface area contributed by atoms with Crippen LogP contribution in [0.5, 0.6) is 0 Å². The van der Waals surface area contributed by atoms with Crippen LogP contribution in [-0.2, 0) is 11.2 Å². The molecule has 1 amide bonds. The molecule has 4 rings (SSSR count). The summed E-state index contributed by atoms with van der Waals surface area (Å²) in [5.74, 6) is -0.0153. The van der Waals surface area contributed by atoms with Crippen LogP contribution in [0.15, 0.2) is 67.1 Å². The minimum atomic E-state index is -0.0782. The number of benzene rings is 1. The van der Waals surface area contributed by atoms with Gasteiger partial charge in [0, 0.05) is 43.3 Å². The first-order chi connectivity index (χ1) is 16.0. The molecule has 172 valence electrons. The fourth-order valence-electron chi connectivity index (χ4n) is 4.32. The molecule has 6 nitrogen and oxygen atoms in total. The number of anilines is 1. The number of carbonyl (C=O) groups excluding carboxylic acids is 1. The molecular weight excluding hydrogens is 430 g/mol. The molecule has 0 spiro atoms. The van der Waals surface area contributed by atoms with Crippen molar-refractivity contribution in [3.05, 3.63) is 83.9 Å². The van der Waals surface area contributed by atoms with Crippen molar-refractivity contribution < 1.29 is 4.79 Å². The van der Waals surface area contributed by atoms with E-state index in [1.807, 2.05) is 42.5 Å². The quantitative estimate of drug-likeness (QED) is 0.461.